The molecule has 0 spiro atoms. The van der Waals surface area contributed by atoms with Crippen LogP contribution in [0, 0.1) is 5.92 Å². The Hall–Kier alpha value is -2.30. The first-order chi connectivity index (χ1) is 9.13. The molecule has 1 aliphatic rings. The molecule has 19 heavy (non-hydrogen) atoms. The van der Waals surface area contributed by atoms with E-state index in [1.165, 1.54) is 0 Å². The average molecular weight is 257 g/mol. The van der Waals surface area contributed by atoms with Gasteiger partial charge in [0.2, 0.25) is 0 Å². The van der Waals surface area contributed by atoms with Crippen LogP contribution in [0.15, 0.2) is 30.5 Å². The maximum Gasteiger partial charge on any atom is 0.308 e. The molecule has 1 aromatic heterocycles. The second-order valence-electron chi connectivity index (χ2n) is 4.89. The van der Waals surface area contributed by atoms with Crippen molar-refractivity contribution in [2.24, 2.45) is 5.92 Å². The van der Waals surface area contributed by atoms with E-state index in [0.29, 0.717) is 19.4 Å². The largest absolute Gasteiger partial charge is 0.481 e. The van der Waals surface area contributed by atoms with Gasteiger partial charge in [-0.05, 0) is 18.6 Å². The van der Waals surface area contributed by atoms with Crippen molar-refractivity contribution in [2.75, 3.05) is 5.73 Å². The van der Waals surface area contributed by atoms with Crippen LogP contribution in [0.1, 0.15) is 12.2 Å². The molecular formula is C14H15N3O2. The molecule has 0 bridgehead atoms. The number of hydrogen-bond donors (Lipinski definition) is 2. The first-order valence-electron chi connectivity index (χ1n) is 6.28. The van der Waals surface area contributed by atoms with Gasteiger partial charge in [-0.1, -0.05) is 12.1 Å². The van der Waals surface area contributed by atoms with Crippen LogP contribution in [0.3, 0.4) is 0 Å². The van der Waals surface area contributed by atoms with Crippen LogP contribution < -0.4 is 5.73 Å². The van der Waals surface area contributed by atoms with Crippen LogP contribution in [-0.4, -0.2) is 20.6 Å². The van der Waals surface area contributed by atoms with Gasteiger partial charge < -0.3 is 15.4 Å². The van der Waals surface area contributed by atoms with Gasteiger partial charge in [0, 0.05) is 30.4 Å². The third-order valence-corrected chi connectivity index (χ3v) is 3.55. The van der Waals surface area contributed by atoms with Crippen molar-refractivity contribution in [2.45, 2.75) is 19.4 Å². The molecule has 1 atom stereocenters. The molecule has 1 aliphatic heterocycles. The summed E-state index contributed by atoms with van der Waals surface area (Å²) in [7, 11) is 0. The average Bonchev–Trinajstić information content (AvgIpc) is 2.82. The summed E-state index contributed by atoms with van der Waals surface area (Å²) in [6.07, 6.45) is 3.30. The first kappa shape index (κ1) is 11.8. The van der Waals surface area contributed by atoms with Crippen molar-refractivity contribution in [3.8, 4) is 11.3 Å². The fourth-order valence-electron chi connectivity index (χ4n) is 2.44. The van der Waals surface area contributed by atoms with Gasteiger partial charge in [-0.15, -0.1) is 0 Å². The number of benzene rings is 1. The van der Waals surface area contributed by atoms with Crippen LogP contribution in [0.4, 0.5) is 5.69 Å². The molecule has 0 radical (unpaired) electrons. The summed E-state index contributed by atoms with van der Waals surface area (Å²) in [4.78, 5) is 15.6. The molecular weight excluding hydrogens is 242 g/mol. The van der Waals surface area contributed by atoms with Gasteiger partial charge in [-0.25, -0.2) is 4.98 Å². The Kier molecular flexibility index (Phi) is 2.74. The summed E-state index contributed by atoms with van der Waals surface area (Å²) in [6.45, 7) is 0.507. The fraction of sp³-hybridized carbons (Fsp3) is 0.286. The summed E-state index contributed by atoms with van der Waals surface area (Å²) >= 11 is 0. The number of nitrogen functional groups attached to an aromatic ring is 1. The van der Waals surface area contributed by atoms with Crippen molar-refractivity contribution in [1.82, 2.24) is 9.55 Å². The lowest BCUT2D eigenvalue weighted by Crippen LogP contribution is -2.26. The van der Waals surface area contributed by atoms with Crippen LogP contribution in [0.5, 0.6) is 0 Å². The summed E-state index contributed by atoms with van der Waals surface area (Å²) in [5, 5.41) is 9.07. The standard InChI is InChI=1S/C14H15N3O2/c15-11-4-1-9(2-5-11)12-8-17-7-10(14(18)19)3-6-13(17)16-12/h1-2,4-5,8,10H,3,6-7,15H2,(H,18,19). The van der Waals surface area contributed by atoms with Gasteiger partial charge in [0.1, 0.15) is 5.82 Å². The van der Waals surface area contributed by atoms with Gasteiger partial charge >= 0.3 is 5.97 Å². The molecule has 5 nitrogen and oxygen atoms in total. The van der Waals surface area contributed by atoms with Crippen molar-refractivity contribution in [3.05, 3.63) is 36.3 Å². The lowest BCUT2D eigenvalue weighted by Gasteiger charge is -2.19. The Morgan fingerprint density at radius 1 is 1.37 bits per heavy atom. The number of carbonyl (C=O) groups is 1. The highest BCUT2D eigenvalue weighted by molar-refractivity contribution is 5.70. The molecule has 0 amide bonds. The van der Waals surface area contributed by atoms with E-state index in [0.717, 1.165) is 22.8 Å². The highest BCUT2D eigenvalue weighted by Crippen LogP contribution is 2.25. The number of aliphatic carboxylic acids is 1. The smallest absolute Gasteiger partial charge is 0.308 e. The third kappa shape index (κ3) is 2.19. The Balaban J connectivity index is 1.91. The van der Waals surface area contributed by atoms with Crippen molar-refractivity contribution in [1.29, 1.82) is 0 Å². The number of nitrogens with zero attached hydrogens (tertiary/aromatic N) is 2. The quantitative estimate of drug-likeness (QED) is 0.803. The topological polar surface area (TPSA) is 81.1 Å². The van der Waals surface area contributed by atoms with Gasteiger partial charge in [-0.2, -0.15) is 0 Å². The predicted molar refractivity (Wildman–Crippen MR) is 71.5 cm³/mol. The zero-order chi connectivity index (χ0) is 13.4. The Labute approximate surface area is 110 Å². The normalized spacial score (nSPS) is 18.0. The van der Waals surface area contributed by atoms with Crippen LogP contribution >= 0.6 is 0 Å². The molecule has 5 heteroatoms. The first-order valence-corrected chi connectivity index (χ1v) is 6.28. The summed E-state index contributed by atoms with van der Waals surface area (Å²) in [5.74, 6) is -0.0707. The number of rotatable bonds is 2. The number of hydrogen-bond acceptors (Lipinski definition) is 3. The van der Waals surface area contributed by atoms with Gasteiger partial charge in [0.25, 0.3) is 0 Å². The number of carboxylic acids is 1. The van der Waals surface area contributed by atoms with Crippen molar-refractivity contribution >= 4 is 11.7 Å². The number of aryl methyl sites for hydroxylation is 1. The summed E-state index contributed by atoms with van der Waals surface area (Å²) in [5.41, 5.74) is 8.26. The maximum absolute atomic E-state index is 11.0. The molecule has 98 valence electrons. The summed E-state index contributed by atoms with van der Waals surface area (Å²) in [6, 6.07) is 7.54. The number of fused-ring (bicyclic) bond motifs is 1. The minimum Gasteiger partial charge on any atom is -0.481 e. The number of imidazole rings is 1. The van der Waals surface area contributed by atoms with E-state index in [4.69, 9.17) is 10.8 Å². The molecule has 0 saturated heterocycles. The number of nitrogens with two attached hydrogens (primary N) is 1. The van der Waals surface area contributed by atoms with Crippen LogP contribution in [-0.2, 0) is 17.8 Å². The molecule has 2 aromatic rings. The lowest BCUT2D eigenvalue weighted by molar-refractivity contribution is -0.142. The van der Waals surface area contributed by atoms with Gasteiger partial charge in [-0.3, -0.25) is 4.79 Å². The monoisotopic (exact) mass is 257 g/mol. The van der Waals surface area contributed by atoms with E-state index < -0.39 is 5.97 Å². The highest BCUT2D eigenvalue weighted by Gasteiger charge is 2.25. The Morgan fingerprint density at radius 3 is 2.79 bits per heavy atom. The van der Waals surface area contributed by atoms with Crippen LogP contribution in [0.2, 0.25) is 0 Å². The lowest BCUT2D eigenvalue weighted by atomic mass is 10.00. The molecule has 3 rings (SSSR count). The van der Waals surface area contributed by atoms with Gasteiger partial charge in [0.05, 0.1) is 11.6 Å². The van der Waals surface area contributed by atoms with Gasteiger partial charge in [0.15, 0.2) is 0 Å². The molecule has 1 aromatic carbocycles. The molecule has 1 unspecified atom stereocenters. The Morgan fingerprint density at radius 2 is 2.11 bits per heavy atom. The highest BCUT2D eigenvalue weighted by atomic mass is 16.4. The van der Waals surface area contributed by atoms with E-state index in [1.54, 1.807) is 0 Å². The van der Waals surface area contributed by atoms with Crippen molar-refractivity contribution < 1.29 is 9.90 Å². The second-order valence-corrected chi connectivity index (χ2v) is 4.89. The fourth-order valence-corrected chi connectivity index (χ4v) is 2.44. The van der Waals surface area contributed by atoms with Crippen LogP contribution in [0.25, 0.3) is 11.3 Å². The Bertz CT molecular complexity index is 616. The molecule has 0 aliphatic carbocycles. The van der Waals surface area contributed by atoms with E-state index in [-0.39, 0.29) is 5.92 Å². The number of aromatic nitrogens is 2. The predicted octanol–water partition coefficient (Wildman–Crippen LogP) is 1.78. The number of anilines is 1. The number of carboxylic acid groups (broad SMARTS) is 1. The van der Waals surface area contributed by atoms with E-state index in [9.17, 15) is 4.79 Å². The minimum absolute atomic E-state index is 0.305. The molecule has 3 N–H and O–H groups in total. The molecule has 0 saturated carbocycles. The molecule has 2 heterocycles. The SMILES string of the molecule is Nc1ccc(-c2cn3c(n2)CCC(C(=O)O)C3)cc1. The zero-order valence-corrected chi connectivity index (χ0v) is 10.4. The molecule has 0 fully saturated rings. The minimum atomic E-state index is -0.728. The third-order valence-electron chi connectivity index (χ3n) is 3.55. The van der Waals surface area contributed by atoms with E-state index in [1.807, 2.05) is 35.0 Å². The maximum atomic E-state index is 11.0. The summed E-state index contributed by atoms with van der Waals surface area (Å²) < 4.78 is 1.95. The van der Waals surface area contributed by atoms with Crippen molar-refractivity contribution in [3.63, 3.8) is 0 Å². The van der Waals surface area contributed by atoms with E-state index >= 15 is 0 Å². The van der Waals surface area contributed by atoms with E-state index in [2.05, 4.69) is 4.98 Å². The second kappa shape index (κ2) is 4.42. The zero-order valence-electron chi connectivity index (χ0n) is 10.4.